The molecule has 106 valence electrons. The van der Waals surface area contributed by atoms with Crippen LogP contribution in [0.2, 0.25) is 0 Å². The zero-order chi connectivity index (χ0) is 14.5. The second-order valence-corrected chi connectivity index (χ2v) is 5.24. The molecule has 1 rings (SSSR count). The van der Waals surface area contributed by atoms with Gasteiger partial charge in [0.15, 0.2) is 0 Å². The molecule has 0 bridgehead atoms. The van der Waals surface area contributed by atoms with Crippen LogP contribution in [-0.4, -0.2) is 39.3 Å². The Morgan fingerprint density at radius 1 is 1.47 bits per heavy atom. The number of nitrogens with two attached hydrogens (primary N) is 1. The maximum atomic E-state index is 11.2. The lowest BCUT2D eigenvalue weighted by atomic mass is 10.2. The SMILES string of the molecule is CCOCCNc1ccc(S(N)(=O)=O)cc1C(=O)O. The van der Waals surface area contributed by atoms with Gasteiger partial charge in [-0.05, 0) is 25.1 Å². The zero-order valence-electron chi connectivity index (χ0n) is 10.4. The number of primary sulfonamides is 1. The van der Waals surface area contributed by atoms with Crippen LogP contribution in [0, 0.1) is 0 Å². The molecule has 0 aromatic heterocycles. The third-order valence-corrected chi connectivity index (χ3v) is 3.23. The predicted octanol–water partition coefficient (Wildman–Crippen LogP) is 0.481. The summed E-state index contributed by atoms with van der Waals surface area (Å²) in [5.74, 6) is -1.23. The van der Waals surface area contributed by atoms with Crippen LogP contribution in [0.1, 0.15) is 17.3 Å². The van der Waals surface area contributed by atoms with E-state index in [1.165, 1.54) is 12.1 Å². The van der Waals surface area contributed by atoms with E-state index in [9.17, 15) is 13.2 Å². The molecule has 0 aliphatic rings. The monoisotopic (exact) mass is 288 g/mol. The highest BCUT2D eigenvalue weighted by Crippen LogP contribution is 2.19. The average Bonchev–Trinajstić information content (AvgIpc) is 2.33. The number of nitrogens with one attached hydrogen (secondary N) is 1. The number of carbonyl (C=O) groups is 1. The number of rotatable bonds is 7. The van der Waals surface area contributed by atoms with Crippen molar-refractivity contribution in [3.05, 3.63) is 23.8 Å². The van der Waals surface area contributed by atoms with E-state index in [0.29, 0.717) is 25.4 Å². The number of benzene rings is 1. The molecule has 0 unspecified atom stereocenters. The molecular formula is C11H16N2O5S. The fourth-order valence-electron chi connectivity index (χ4n) is 1.43. The average molecular weight is 288 g/mol. The number of sulfonamides is 1. The zero-order valence-corrected chi connectivity index (χ0v) is 11.2. The Morgan fingerprint density at radius 2 is 2.16 bits per heavy atom. The predicted molar refractivity (Wildman–Crippen MR) is 69.8 cm³/mol. The molecule has 0 saturated heterocycles. The maximum absolute atomic E-state index is 11.2. The van der Waals surface area contributed by atoms with Crippen LogP contribution in [0.5, 0.6) is 0 Å². The molecule has 0 spiro atoms. The minimum atomic E-state index is -3.92. The lowest BCUT2D eigenvalue weighted by Crippen LogP contribution is -2.15. The van der Waals surface area contributed by atoms with E-state index in [2.05, 4.69) is 5.32 Å². The smallest absolute Gasteiger partial charge is 0.337 e. The first kappa shape index (κ1) is 15.4. The number of aromatic carboxylic acids is 1. The molecule has 0 heterocycles. The van der Waals surface area contributed by atoms with Gasteiger partial charge in [0.2, 0.25) is 10.0 Å². The van der Waals surface area contributed by atoms with Gasteiger partial charge in [0, 0.05) is 18.8 Å². The normalized spacial score (nSPS) is 11.3. The number of carboxylic acids is 1. The summed E-state index contributed by atoms with van der Waals surface area (Å²) < 4.78 is 27.4. The van der Waals surface area contributed by atoms with Crippen molar-refractivity contribution in [2.75, 3.05) is 25.1 Å². The van der Waals surface area contributed by atoms with Crippen molar-refractivity contribution >= 4 is 21.7 Å². The van der Waals surface area contributed by atoms with Crippen LogP contribution in [0.3, 0.4) is 0 Å². The van der Waals surface area contributed by atoms with E-state index in [0.717, 1.165) is 6.07 Å². The van der Waals surface area contributed by atoms with Crippen LogP contribution in [0.15, 0.2) is 23.1 Å². The van der Waals surface area contributed by atoms with Crippen molar-refractivity contribution in [2.24, 2.45) is 5.14 Å². The number of ether oxygens (including phenoxy) is 1. The fraction of sp³-hybridized carbons (Fsp3) is 0.364. The second-order valence-electron chi connectivity index (χ2n) is 3.68. The summed E-state index contributed by atoms with van der Waals surface area (Å²) in [5, 5.41) is 16.9. The summed E-state index contributed by atoms with van der Waals surface area (Å²) in [5.41, 5.74) is 0.169. The Hall–Kier alpha value is -1.64. The summed E-state index contributed by atoms with van der Waals surface area (Å²) in [4.78, 5) is 10.8. The summed E-state index contributed by atoms with van der Waals surface area (Å²) in [6.07, 6.45) is 0. The lowest BCUT2D eigenvalue weighted by molar-refractivity contribution is 0.0697. The summed E-state index contributed by atoms with van der Waals surface area (Å²) in [6, 6.07) is 3.65. The number of hydrogen-bond acceptors (Lipinski definition) is 5. The van der Waals surface area contributed by atoms with E-state index in [4.69, 9.17) is 15.0 Å². The van der Waals surface area contributed by atoms with Gasteiger partial charge in [0.1, 0.15) is 0 Å². The van der Waals surface area contributed by atoms with Gasteiger partial charge < -0.3 is 15.2 Å². The Kier molecular flexibility index (Phi) is 5.28. The van der Waals surface area contributed by atoms with Gasteiger partial charge in [0.05, 0.1) is 17.1 Å². The first-order chi connectivity index (χ1) is 8.86. The first-order valence-electron chi connectivity index (χ1n) is 5.58. The third kappa shape index (κ3) is 4.51. The van der Waals surface area contributed by atoms with Crippen molar-refractivity contribution in [3.63, 3.8) is 0 Å². The number of anilines is 1. The summed E-state index contributed by atoms with van der Waals surface area (Å²) >= 11 is 0. The van der Waals surface area contributed by atoms with Gasteiger partial charge in [-0.2, -0.15) is 0 Å². The van der Waals surface area contributed by atoms with Gasteiger partial charge in [0.25, 0.3) is 0 Å². The molecule has 0 saturated carbocycles. The third-order valence-electron chi connectivity index (χ3n) is 2.32. The van der Waals surface area contributed by atoms with Crippen molar-refractivity contribution in [2.45, 2.75) is 11.8 Å². The molecule has 0 atom stereocenters. The van der Waals surface area contributed by atoms with Crippen molar-refractivity contribution < 1.29 is 23.1 Å². The van der Waals surface area contributed by atoms with Crippen LogP contribution < -0.4 is 10.5 Å². The maximum Gasteiger partial charge on any atom is 0.337 e. The molecule has 0 aliphatic heterocycles. The topological polar surface area (TPSA) is 119 Å². The van der Waals surface area contributed by atoms with Gasteiger partial charge in [-0.25, -0.2) is 18.4 Å². The number of carboxylic acid groups (broad SMARTS) is 1. The Morgan fingerprint density at radius 3 is 2.68 bits per heavy atom. The highest BCUT2D eigenvalue weighted by molar-refractivity contribution is 7.89. The van der Waals surface area contributed by atoms with E-state index >= 15 is 0 Å². The largest absolute Gasteiger partial charge is 0.478 e. The van der Waals surface area contributed by atoms with Gasteiger partial charge in [-0.15, -0.1) is 0 Å². The van der Waals surface area contributed by atoms with E-state index < -0.39 is 16.0 Å². The molecule has 4 N–H and O–H groups in total. The molecule has 8 heteroatoms. The summed E-state index contributed by atoms with van der Waals surface area (Å²) in [6.45, 7) is 3.26. The Bertz CT molecular complexity index is 556. The second kappa shape index (κ2) is 6.50. The minimum Gasteiger partial charge on any atom is -0.478 e. The van der Waals surface area contributed by atoms with Crippen molar-refractivity contribution in [1.29, 1.82) is 0 Å². The van der Waals surface area contributed by atoms with Crippen LogP contribution in [0.4, 0.5) is 5.69 Å². The van der Waals surface area contributed by atoms with Crippen LogP contribution in [0.25, 0.3) is 0 Å². The quantitative estimate of drug-likeness (QED) is 0.628. The van der Waals surface area contributed by atoms with Crippen LogP contribution in [-0.2, 0) is 14.8 Å². The Labute approximate surface area is 111 Å². The lowest BCUT2D eigenvalue weighted by Gasteiger charge is -2.10. The Balaban J connectivity index is 2.96. The highest BCUT2D eigenvalue weighted by Gasteiger charge is 2.15. The van der Waals surface area contributed by atoms with Gasteiger partial charge >= 0.3 is 5.97 Å². The first-order valence-corrected chi connectivity index (χ1v) is 7.12. The molecule has 0 aliphatic carbocycles. The molecule has 0 radical (unpaired) electrons. The van der Waals surface area contributed by atoms with Gasteiger partial charge in [-0.3, -0.25) is 0 Å². The molecule has 1 aromatic rings. The van der Waals surface area contributed by atoms with Crippen molar-refractivity contribution in [3.8, 4) is 0 Å². The fourth-order valence-corrected chi connectivity index (χ4v) is 1.97. The highest BCUT2D eigenvalue weighted by atomic mass is 32.2. The standard InChI is InChI=1S/C11H16N2O5S/c1-2-18-6-5-13-10-4-3-8(19(12,16)17)7-9(10)11(14)15/h3-4,7,13H,2,5-6H2,1H3,(H,14,15)(H2,12,16,17). The minimum absolute atomic E-state index is 0.150. The van der Waals surface area contributed by atoms with E-state index in [1.807, 2.05) is 6.92 Å². The molecule has 19 heavy (non-hydrogen) atoms. The summed E-state index contributed by atoms with van der Waals surface area (Å²) in [7, 11) is -3.92. The van der Waals surface area contributed by atoms with E-state index in [-0.39, 0.29) is 10.5 Å². The number of hydrogen-bond donors (Lipinski definition) is 3. The van der Waals surface area contributed by atoms with E-state index in [1.54, 1.807) is 0 Å². The molecule has 1 aromatic carbocycles. The molecular weight excluding hydrogens is 272 g/mol. The van der Waals surface area contributed by atoms with Crippen molar-refractivity contribution in [1.82, 2.24) is 0 Å². The molecule has 7 nitrogen and oxygen atoms in total. The molecule has 0 amide bonds. The van der Waals surface area contributed by atoms with Gasteiger partial charge in [-0.1, -0.05) is 0 Å². The van der Waals surface area contributed by atoms with Crippen LogP contribution >= 0.6 is 0 Å². The molecule has 0 fully saturated rings.